The highest BCUT2D eigenvalue weighted by atomic mass is 32.2. The summed E-state index contributed by atoms with van der Waals surface area (Å²) in [5.74, 6) is -0.549. The highest BCUT2D eigenvalue weighted by molar-refractivity contribution is 8.00. The van der Waals surface area contributed by atoms with Crippen LogP contribution < -0.4 is 20.9 Å². The van der Waals surface area contributed by atoms with Crippen LogP contribution in [0.4, 0.5) is 0 Å². The molecule has 4 aromatic carbocycles. The Morgan fingerprint density at radius 1 is 0.914 bits per heavy atom. The Labute approximate surface area is 344 Å². The number of fused-ring (bicyclic) bond motifs is 1. The molecule has 0 spiro atoms. The first-order valence-corrected chi connectivity index (χ1v) is 20.7. The van der Waals surface area contributed by atoms with Gasteiger partial charge in [0.05, 0.1) is 18.9 Å². The average molecular weight is 819 g/mol. The van der Waals surface area contributed by atoms with Crippen molar-refractivity contribution in [1.29, 1.82) is 0 Å². The summed E-state index contributed by atoms with van der Waals surface area (Å²) in [5.41, 5.74) is 11.1. The predicted molar refractivity (Wildman–Crippen MR) is 221 cm³/mol. The molecule has 0 aromatic heterocycles. The van der Waals surface area contributed by atoms with Crippen molar-refractivity contribution in [2.45, 2.75) is 42.5 Å². The summed E-state index contributed by atoms with van der Waals surface area (Å²) in [7, 11) is 2.94. The van der Waals surface area contributed by atoms with Crippen LogP contribution in [0.2, 0.25) is 0 Å². The number of carbonyl (C=O) groups is 3. The maximum atomic E-state index is 14.0. The Morgan fingerprint density at radius 2 is 1.55 bits per heavy atom. The first-order chi connectivity index (χ1) is 28.4. The molecule has 13 nitrogen and oxygen atoms in total. The van der Waals surface area contributed by atoms with Gasteiger partial charge >= 0.3 is 5.97 Å². The minimum Gasteiger partial charge on any atom is -0.497 e. The molecule has 3 atom stereocenters. The van der Waals surface area contributed by atoms with Gasteiger partial charge in [-0.1, -0.05) is 113 Å². The van der Waals surface area contributed by atoms with Crippen LogP contribution in [0.1, 0.15) is 35.1 Å². The maximum absolute atomic E-state index is 14.0. The lowest BCUT2D eigenvalue weighted by atomic mass is 9.77. The molecule has 2 fully saturated rings. The Hall–Kier alpha value is -5.58. The molecule has 4 heterocycles. The number of ether oxygens (including phenoxy) is 3. The normalized spacial score (nSPS) is 20.8. The van der Waals surface area contributed by atoms with Crippen LogP contribution in [0.3, 0.4) is 0 Å². The number of oxime groups is 1. The number of carbonyl (C=O) groups excluding carboxylic acids is 3. The molecule has 3 N–H and O–H groups in total. The van der Waals surface area contributed by atoms with Gasteiger partial charge in [0.2, 0.25) is 0 Å². The Morgan fingerprint density at radius 3 is 2.12 bits per heavy atom. The second-order valence-electron chi connectivity index (χ2n) is 13.8. The van der Waals surface area contributed by atoms with E-state index in [2.05, 4.69) is 57.7 Å². The molecule has 4 aromatic rings. The van der Waals surface area contributed by atoms with Crippen LogP contribution in [-0.2, 0) is 40.8 Å². The molecule has 2 amide bonds. The molecule has 0 bridgehead atoms. The first-order valence-electron chi connectivity index (χ1n) is 18.8. The predicted octanol–water partition coefficient (Wildman–Crippen LogP) is 5.38. The molecule has 0 radical (unpaired) electrons. The Bertz CT molecular complexity index is 2120. The highest BCUT2D eigenvalue weighted by Gasteiger charge is 2.55. The van der Waals surface area contributed by atoms with E-state index < -0.39 is 34.7 Å². The summed E-state index contributed by atoms with van der Waals surface area (Å²) in [6, 6.07) is 36.6. The van der Waals surface area contributed by atoms with Crippen LogP contribution in [0.15, 0.2) is 143 Å². The molecule has 15 heteroatoms. The van der Waals surface area contributed by atoms with E-state index in [0.29, 0.717) is 23.8 Å². The maximum Gasteiger partial charge on any atom is 0.355 e. The van der Waals surface area contributed by atoms with Crippen LogP contribution in [-0.4, -0.2) is 77.0 Å². The summed E-state index contributed by atoms with van der Waals surface area (Å²) in [4.78, 5) is 48.3. The van der Waals surface area contributed by atoms with E-state index in [4.69, 9.17) is 19.0 Å². The molecule has 0 saturated carbocycles. The number of hydrazine groups is 2. The summed E-state index contributed by atoms with van der Waals surface area (Å²) < 4.78 is 18.7. The van der Waals surface area contributed by atoms with Crippen molar-refractivity contribution in [2.75, 3.05) is 26.6 Å². The van der Waals surface area contributed by atoms with Gasteiger partial charge in [-0.3, -0.25) is 19.9 Å². The van der Waals surface area contributed by atoms with E-state index in [1.165, 1.54) is 35.7 Å². The van der Waals surface area contributed by atoms with E-state index >= 15 is 0 Å². The third-order valence-electron chi connectivity index (χ3n) is 10.4. The largest absolute Gasteiger partial charge is 0.497 e. The molecule has 8 rings (SSSR count). The molecule has 4 aliphatic heterocycles. The summed E-state index contributed by atoms with van der Waals surface area (Å²) in [6.45, 7) is 0.586. The van der Waals surface area contributed by atoms with Crippen molar-refractivity contribution in [2.24, 2.45) is 5.16 Å². The van der Waals surface area contributed by atoms with E-state index in [-0.39, 0.29) is 24.1 Å². The molecular formula is C43H42N6O7S2. The van der Waals surface area contributed by atoms with Gasteiger partial charge in [0.15, 0.2) is 5.71 Å². The summed E-state index contributed by atoms with van der Waals surface area (Å²) >= 11 is 2.75. The third kappa shape index (κ3) is 7.71. The van der Waals surface area contributed by atoms with Gasteiger partial charge in [-0.15, -0.1) is 11.8 Å². The molecule has 2 saturated heterocycles. The number of nitrogens with zero attached hydrogens (tertiary/aromatic N) is 3. The number of methoxy groups -OCH3 is 1. The van der Waals surface area contributed by atoms with Gasteiger partial charge in [0, 0.05) is 17.8 Å². The number of hydrogen-bond donors (Lipinski definition) is 3. The zero-order valence-electron chi connectivity index (χ0n) is 31.8. The fourth-order valence-corrected chi connectivity index (χ4v) is 9.65. The van der Waals surface area contributed by atoms with Gasteiger partial charge < -0.3 is 24.4 Å². The molecule has 0 unspecified atom stereocenters. The van der Waals surface area contributed by atoms with Crippen molar-refractivity contribution in [3.63, 3.8) is 0 Å². The zero-order valence-corrected chi connectivity index (χ0v) is 33.5. The fraction of sp³-hybridized carbons (Fsp3) is 0.256. The number of nitrogens with one attached hydrogen (secondary N) is 3. The lowest BCUT2D eigenvalue weighted by Gasteiger charge is -2.50. The van der Waals surface area contributed by atoms with Gasteiger partial charge in [-0.05, 0) is 64.7 Å². The number of amides is 2. The van der Waals surface area contributed by atoms with Gasteiger partial charge in [0.1, 0.15) is 42.1 Å². The summed E-state index contributed by atoms with van der Waals surface area (Å²) in [6.07, 6.45) is 1.30. The van der Waals surface area contributed by atoms with Crippen molar-refractivity contribution in [3.05, 3.63) is 160 Å². The number of esters is 1. The van der Waals surface area contributed by atoms with Crippen molar-refractivity contribution >= 4 is 47.2 Å². The molecular weight excluding hydrogens is 777 g/mol. The van der Waals surface area contributed by atoms with Gasteiger partial charge in [-0.2, -0.15) is 0 Å². The second kappa shape index (κ2) is 17.5. The molecule has 298 valence electrons. The Balaban J connectivity index is 0.989. The minimum atomic E-state index is -0.930. The third-order valence-corrected chi connectivity index (χ3v) is 12.4. The SMILES string of the molecule is CO/N=C(/C(=O)N[C@@H]1C(=O)N2C(C(=O)OCc3ccc(OC)cc3)=C([C@@H]3CCCO3)CS[C@H]12)C1=CSN(NC(c2ccccc2)(c2ccccc2)c2ccccc2)N1. The summed E-state index contributed by atoms with van der Waals surface area (Å²) in [5, 5.41) is 8.16. The van der Waals surface area contributed by atoms with E-state index in [1.807, 2.05) is 66.7 Å². The molecule has 4 aliphatic rings. The van der Waals surface area contributed by atoms with Crippen LogP contribution in [0.5, 0.6) is 5.75 Å². The smallest absolute Gasteiger partial charge is 0.355 e. The quantitative estimate of drug-likeness (QED) is 0.0376. The van der Waals surface area contributed by atoms with Crippen molar-refractivity contribution in [1.82, 2.24) is 25.6 Å². The monoisotopic (exact) mass is 818 g/mol. The van der Waals surface area contributed by atoms with Crippen molar-refractivity contribution in [3.8, 4) is 5.75 Å². The lowest BCUT2D eigenvalue weighted by molar-refractivity contribution is -0.153. The van der Waals surface area contributed by atoms with Gasteiger partial charge in [-0.25, -0.2) is 10.2 Å². The zero-order chi connectivity index (χ0) is 40.1. The van der Waals surface area contributed by atoms with Crippen LogP contribution in [0, 0.1) is 0 Å². The molecule has 58 heavy (non-hydrogen) atoms. The van der Waals surface area contributed by atoms with Crippen LogP contribution >= 0.6 is 23.7 Å². The van der Waals surface area contributed by atoms with Crippen molar-refractivity contribution < 1.29 is 33.4 Å². The fourth-order valence-electron chi connectivity index (χ4n) is 7.52. The highest BCUT2D eigenvalue weighted by Crippen LogP contribution is 2.44. The topological polar surface area (TPSA) is 143 Å². The molecule has 0 aliphatic carbocycles. The Kier molecular flexibility index (Phi) is 11.8. The number of benzene rings is 4. The first kappa shape index (κ1) is 39.3. The van der Waals surface area contributed by atoms with E-state index in [1.54, 1.807) is 29.2 Å². The van der Waals surface area contributed by atoms with E-state index in [0.717, 1.165) is 40.7 Å². The van der Waals surface area contributed by atoms with Gasteiger partial charge in [0.25, 0.3) is 11.8 Å². The van der Waals surface area contributed by atoms with E-state index in [9.17, 15) is 14.4 Å². The van der Waals surface area contributed by atoms with Crippen LogP contribution in [0.25, 0.3) is 0 Å². The average Bonchev–Trinajstić information content (AvgIpc) is 3.99. The minimum absolute atomic E-state index is 0.0111. The number of rotatable bonds is 14. The number of thioether (sulfide) groups is 1. The second-order valence-corrected chi connectivity index (χ2v) is 15.7. The lowest BCUT2D eigenvalue weighted by Crippen LogP contribution is -2.71. The number of hydrogen-bond acceptors (Lipinski definition) is 13. The standard InChI is InChI=1S/C43H42N6O7S2/c1-53-32-22-20-28(21-23-32)25-56-42(52)38-33(35-19-12-24-55-35)26-57-41-37(40(51)48(38)41)44-39(50)36(46-54-2)34-27-58-49(45-34)47-43(29-13-6-3-7-14-29,30-15-8-4-9-16-30)31-17-10-5-11-18-31/h3-11,13-18,20-23,27,35,37,41,45,47H,12,19,24-26H2,1-2H3,(H,44,50)/b46-36+/t35-,37+,41+/m0/s1. The number of β-lactam (4-membered cyclic amide) rings is 1.